The Hall–Kier alpha value is -3.90. The summed E-state index contributed by atoms with van der Waals surface area (Å²) in [5.41, 5.74) is 3.43. The Morgan fingerprint density at radius 2 is 1.23 bits per heavy atom. The lowest BCUT2D eigenvalue weighted by Crippen LogP contribution is -2.14. The van der Waals surface area contributed by atoms with Crippen molar-refractivity contribution >= 4 is 27.3 Å². The number of carbonyl (C=O) groups excluding carboxylic acids is 1. The van der Waals surface area contributed by atoms with Crippen molar-refractivity contribution in [1.82, 2.24) is 0 Å². The predicted molar refractivity (Wildman–Crippen MR) is 124 cm³/mol. The van der Waals surface area contributed by atoms with E-state index < -0.39 is 10.0 Å². The fourth-order valence-corrected chi connectivity index (χ4v) is 4.24. The Kier molecular flexibility index (Phi) is 5.82. The number of benzene rings is 4. The minimum Gasteiger partial charge on any atom is -0.321 e. The zero-order valence-corrected chi connectivity index (χ0v) is 17.3. The summed E-state index contributed by atoms with van der Waals surface area (Å²) in [6.07, 6.45) is 0. The predicted octanol–water partition coefficient (Wildman–Crippen LogP) is 5.41. The number of rotatable bonds is 6. The monoisotopic (exact) mass is 428 g/mol. The van der Waals surface area contributed by atoms with E-state index in [1.54, 1.807) is 42.5 Å². The normalized spacial score (nSPS) is 11.0. The molecule has 6 heteroatoms. The first-order valence-electron chi connectivity index (χ1n) is 9.67. The fourth-order valence-electron chi connectivity index (χ4n) is 3.16. The second-order valence-corrected chi connectivity index (χ2v) is 8.54. The third kappa shape index (κ3) is 4.82. The third-order valence-corrected chi connectivity index (χ3v) is 6.11. The lowest BCUT2D eigenvalue weighted by Gasteiger charge is -2.12. The van der Waals surface area contributed by atoms with Gasteiger partial charge in [0.2, 0.25) is 0 Å². The zero-order chi connectivity index (χ0) is 21.7. The van der Waals surface area contributed by atoms with Gasteiger partial charge < -0.3 is 5.32 Å². The molecule has 0 aromatic heterocycles. The van der Waals surface area contributed by atoms with Crippen LogP contribution >= 0.6 is 0 Å². The Morgan fingerprint density at radius 1 is 0.645 bits per heavy atom. The van der Waals surface area contributed by atoms with Gasteiger partial charge in [0.15, 0.2) is 0 Å². The van der Waals surface area contributed by atoms with Crippen LogP contribution in [0.4, 0.5) is 11.4 Å². The van der Waals surface area contributed by atoms with E-state index >= 15 is 0 Å². The van der Waals surface area contributed by atoms with Gasteiger partial charge in [-0.1, -0.05) is 66.7 Å². The van der Waals surface area contributed by atoms with E-state index in [0.717, 1.165) is 11.1 Å². The molecule has 0 aliphatic heterocycles. The Morgan fingerprint density at radius 3 is 1.90 bits per heavy atom. The van der Waals surface area contributed by atoms with Crippen LogP contribution in [0, 0.1) is 0 Å². The van der Waals surface area contributed by atoms with Crippen molar-refractivity contribution in [2.45, 2.75) is 4.90 Å². The molecule has 1 amide bonds. The zero-order valence-electron chi connectivity index (χ0n) is 16.5. The van der Waals surface area contributed by atoms with Crippen LogP contribution in [0.3, 0.4) is 0 Å². The van der Waals surface area contributed by atoms with Gasteiger partial charge in [0, 0.05) is 22.5 Å². The van der Waals surface area contributed by atoms with Crippen LogP contribution in [0.2, 0.25) is 0 Å². The van der Waals surface area contributed by atoms with Crippen molar-refractivity contribution < 1.29 is 13.2 Å². The molecule has 0 fully saturated rings. The molecule has 0 aliphatic rings. The molecule has 0 saturated carbocycles. The maximum atomic E-state index is 12.8. The molecular formula is C25H20N2O3S. The number of carbonyl (C=O) groups is 1. The number of amides is 1. The van der Waals surface area contributed by atoms with Crippen molar-refractivity contribution in [2.24, 2.45) is 0 Å². The Bertz CT molecular complexity index is 1290. The summed E-state index contributed by atoms with van der Waals surface area (Å²) in [6, 6.07) is 31.8. The molecule has 4 aromatic carbocycles. The van der Waals surface area contributed by atoms with Crippen LogP contribution in [-0.2, 0) is 10.0 Å². The average Bonchev–Trinajstić information content (AvgIpc) is 2.81. The van der Waals surface area contributed by atoms with Crippen molar-refractivity contribution in [2.75, 3.05) is 10.0 Å². The molecule has 2 N–H and O–H groups in total. The van der Waals surface area contributed by atoms with E-state index in [4.69, 9.17) is 0 Å². The highest BCUT2D eigenvalue weighted by molar-refractivity contribution is 7.92. The van der Waals surface area contributed by atoms with Crippen LogP contribution in [0.15, 0.2) is 114 Å². The first kappa shape index (κ1) is 20.4. The molecule has 0 bridgehead atoms. The SMILES string of the molecule is O=C(Nc1ccccc1-c1ccccc1)c1ccc(NS(=O)(=O)c2ccccc2)cc1. The lowest BCUT2D eigenvalue weighted by molar-refractivity contribution is 0.102. The summed E-state index contributed by atoms with van der Waals surface area (Å²) in [5, 5.41) is 2.94. The topological polar surface area (TPSA) is 75.3 Å². The smallest absolute Gasteiger partial charge is 0.261 e. The number of nitrogens with one attached hydrogen (secondary N) is 2. The van der Waals surface area contributed by atoms with E-state index in [0.29, 0.717) is 16.9 Å². The van der Waals surface area contributed by atoms with Crippen molar-refractivity contribution in [1.29, 1.82) is 0 Å². The minimum atomic E-state index is -3.68. The Balaban J connectivity index is 1.50. The summed E-state index contributed by atoms with van der Waals surface area (Å²) in [5.74, 6) is -0.277. The van der Waals surface area contributed by atoms with Crippen LogP contribution in [0.5, 0.6) is 0 Å². The highest BCUT2D eigenvalue weighted by Crippen LogP contribution is 2.28. The standard InChI is InChI=1S/C25H20N2O3S/c28-25(26-24-14-8-7-13-23(24)19-9-3-1-4-10-19)20-15-17-21(18-16-20)27-31(29,30)22-11-5-2-6-12-22/h1-18,27H,(H,26,28). The van der Waals surface area contributed by atoms with Crippen LogP contribution in [-0.4, -0.2) is 14.3 Å². The number of hydrogen-bond acceptors (Lipinski definition) is 3. The van der Waals surface area contributed by atoms with Gasteiger partial charge in [-0.15, -0.1) is 0 Å². The average molecular weight is 429 g/mol. The fraction of sp³-hybridized carbons (Fsp3) is 0. The molecule has 154 valence electrons. The van der Waals surface area contributed by atoms with E-state index in [1.165, 1.54) is 12.1 Å². The van der Waals surface area contributed by atoms with E-state index in [9.17, 15) is 13.2 Å². The molecule has 0 aliphatic carbocycles. The quantitative estimate of drug-likeness (QED) is 0.431. The molecule has 4 rings (SSSR count). The summed E-state index contributed by atoms with van der Waals surface area (Å²) in [6.45, 7) is 0. The molecule has 0 atom stereocenters. The first-order chi connectivity index (χ1) is 15.0. The molecule has 0 unspecified atom stereocenters. The Labute approximate surface area is 181 Å². The second-order valence-electron chi connectivity index (χ2n) is 6.86. The summed E-state index contributed by atoms with van der Waals surface area (Å²) < 4.78 is 27.4. The van der Waals surface area contributed by atoms with Crippen LogP contribution in [0.25, 0.3) is 11.1 Å². The van der Waals surface area contributed by atoms with Crippen LogP contribution < -0.4 is 10.0 Å². The molecule has 0 spiro atoms. The van der Waals surface area contributed by atoms with Gasteiger partial charge in [-0.3, -0.25) is 9.52 Å². The van der Waals surface area contributed by atoms with Gasteiger partial charge in [-0.2, -0.15) is 0 Å². The van der Waals surface area contributed by atoms with Gasteiger partial charge in [0.1, 0.15) is 0 Å². The van der Waals surface area contributed by atoms with Crippen molar-refractivity contribution in [3.05, 3.63) is 115 Å². The van der Waals surface area contributed by atoms with Gasteiger partial charge in [0.25, 0.3) is 15.9 Å². The van der Waals surface area contributed by atoms with E-state index in [2.05, 4.69) is 10.0 Å². The summed E-state index contributed by atoms with van der Waals surface area (Å²) in [4.78, 5) is 12.9. The maximum absolute atomic E-state index is 12.8. The molecule has 4 aromatic rings. The van der Waals surface area contributed by atoms with E-state index in [1.807, 2.05) is 54.6 Å². The molecule has 0 heterocycles. The van der Waals surface area contributed by atoms with Gasteiger partial charge in [-0.25, -0.2) is 8.42 Å². The molecule has 0 saturated heterocycles. The van der Waals surface area contributed by atoms with Gasteiger partial charge >= 0.3 is 0 Å². The van der Waals surface area contributed by atoms with Gasteiger partial charge in [0.05, 0.1) is 4.90 Å². The number of anilines is 2. The van der Waals surface area contributed by atoms with Crippen molar-refractivity contribution in [3.63, 3.8) is 0 Å². The molecule has 0 radical (unpaired) electrons. The van der Waals surface area contributed by atoms with Gasteiger partial charge in [-0.05, 0) is 48.0 Å². The number of sulfonamides is 1. The minimum absolute atomic E-state index is 0.175. The highest BCUT2D eigenvalue weighted by Gasteiger charge is 2.14. The molecule has 31 heavy (non-hydrogen) atoms. The third-order valence-electron chi connectivity index (χ3n) is 4.71. The summed E-state index contributed by atoms with van der Waals surface area (Å²) in [7, 11) is -3.68. The van der Waals surface area contributed by atoms with Crippen molar-refractivity contribution in [3.8, 4) is 11.1 Å². The molecular weight excluding hydrogens is 408 g/mol. The maximum Gasteiger partial charge on any atom is 0.261 e. The highest BCUT2D eigenvalue weighted by atomic mass is 32.2. The van der Waals surface area contributed by atoms with E-state index in [-0.39, 0.29) is 10.8 Å². The largest absolute Gasteiger partial charge is 0.321 e. The van der Waals surface area contributed by atoms with Crippen LogP contribution in [0.1, 0.15) is 10.4 Å². The number of hydrogen-bond donors (Lipinski definition) is 2. The first-order valence-corrected chi connectivity index (χ1v) is 11.1. The lowest BCUT2D eigenvalue weighted by atomic mass is 10.0. The number of para-hydroxylation sites is 1. The molecule has 5 nitrogen and oxygen atoms in total. The summed E-state index contributed by atoms with van der Waals surface area (Å²) >= 11 is 0. The second kappa shape index (κ2) is 8.85.